The number of halogens is 1. The van der Waals surface area contributed by atoms with Crippen molar-refractivity contribution in [3.63, 3.8) is 0 Å². The maximum Gasteiger partial charge on any atom is 0.412 e. The minimum atomic E-state index is -0.882. The van der Waals surface area contributed by atoms with Crippen LogP contribution in [-0.4, -0.2) is 39.6 Å². The molecule has 0 spiro atoms. The molecule has 1 saturated heterocycles. The van der Waals surface area contributed by atoms with Crippen molar-refractivity contribution in [1.82, 2.24) is 9.55 Å². The molecule has 1 amide bonds. The summed E-state index contributed by atoms with van der Waals surface area (Å²) in [5, 5.41) is 12.0. The van der Waals surface area contributed by atoms with Crippen molar-refractivity contribution in [3.8, 4) is 0 Å². The molecule has 0 aromatic carbocycles. The van der Waals surface area contributed by atoms with Crippen molar-refractivity contribution in [2.24, 2.45) is 23.7 Å². The van der Waals surface area contributed by atoms with Gasteiger partial charge in [-0.25, -0.2) is 14.0 Å². The van der Waals surface area contributed by atoms with Gasteiger partial charge in [-0.3, -0.25) is 9.88 Å². The standard InChI is InChI=1S/C30H52FN3O5/c1-20(2)10-7-11-21(3)12-8-13-22(4)14-9-15-23(5)16-17-38-30(37)33-28-25(31)19-34(29(36)32-28)27-18-26(35)24(6)39-27/h19-24,26-27,35H,7-18H2,1-6H3,(H,32,33,36,37)/t21-,22-,23-,24-,26-,27-/m1/s1. The molecule has 0 unspecified atom stereocenters. The quantitative estimate of drug-likeness (QED) is 0.214. The molecule has 2 rings (SSSR count). The van der Waals surface area contributed by atoms with Crippen molar-refractivity contribution < 1.29 is 23.8 Å². The zero-order valence-electron chi connectivity index (χ0n) is 25.0. The lowest BCUT2D eigenvalue weighted by molar-refractivity contribution is -0.0104. The van der Waals surface area contributed by atoms with E-state index in [0.717, 1.165) is 41.4 Å². The first-order valence-electron chi connectivity index (χ1n) is 15.0. The molecule has 2 heterocycles. The van der Waals surface area contributed by atoms with E-state index in [1.165, 1.54) is 44.9 Å². The van der Waals surface area contributed by atoms with Gasteiger partial charge in [0.05, 0.1) is 25.0 Å². The highest BCUT2D eigenvalue weighted by Gasteiger charge is 2.33. The number of anilines is 1. The molecule has 8 nitrogen and oxygen atoms in total. The van der Waals surface area contributed by atoms with Gasteiger partial charge in [-0.2, -0.15) is 4.98 Å². The molecule has 0 saturated carbocycles. The minimum absolute atomic E-state index is 0.159. The van der Waals surface area contributed by atoms with E-state index in [2.05, 4.69) is 44.9 Å². The molecule has 6 atom stereocenters. The largest absolute Gasteiger partial charge is 0.449 e. The maximum absolute atomic E-state index is 14.5. The van der Waals surface area contributed by atoms with E-state index in [4.69, 9.17) is 9.47 Å². The third-order valence-corrected chi connectivity index (χ3v) is 7.90. The minimum Gasteiger partial charge on any atom is -0.449 e. The van der Waals surface area contributed by atoms with Crippen molar-refractivity contribution in [2.75, 3.05) is 11.9 Å². The zero-order valence-corrected chi connectivity index (χ0v) is 25.0. The molecule has 1 aromatic rings. The van der Waals surface area contributed by atoms with E-state index < -0.39 is 41.9 Å². The van der Waals surface area contributed by atoms with Gasteiger partial charge < -0.3 is 14.6 Å². The van der Waals surface area contributed by atoms with Crippen LogP contribution in [-0.2, 0) is 9.47 Å². The lowest BCUT2D eigenvalue weighted by Gasteiger charge is -2.16. The highest BCUT2D eigenvalue weighted by atomic mass is 19.1. The maximum atomic E-state index is 14.5. The topological polar surface area (TPSA) is 103 Å². The van der Waals surface area contributed by atoms with Crippen LogP contribution in [0.25, 0.3) is 0 Å². The number of aliphatic hydroxyl groups is 1. The number of aliphatic hydroxyl groups excluding tert-OH is 1. The van der Waals surface area contributed by atoms with E-state index in [1.54, 1.807) is 6.92 Å². The lowest BCUT2D eigenvalue weighted by atomic mass is 9.91. The summed E-state index contributed by atoms with van der Waals surface area (Å²) in [7, 11) is 0. The summed E-state index contributed by atoms with van der Waals surface area (Å²) in [6.45, 7) is 13.4. The van der Waals surface area contributed by atoms with Crippen molar-refractivity contribution >= 4 is 11.9 Å². The number of hydrogen-bond acceptors (Lipinski definition) is 6. The Bertz CT molecular complexity index is 914. The number of rotatable bonds is 17. The lowest BCUT2D eigenvalue weighted by Crippen LogP contribution is -2.29. The van der Waals surface area contributed by atoms with E-state index in [0.29, 0.717) is 12.3 Å². The van der Waals surface area contributed by atoms with Crippen LogP contribution < -0.4 is 11.0 Å². The van der Waals surface area contributed by atoms with Gasteiger partial charge in [0.15, 0.2) is 11.6 Å². The van der Waals surface area contributed by atoms with Crippen LogP contribution in [0.1, 0.15) is 118 Å². The zero-order chi connectivity index (χ0) is 28.9. The van der Waals surface area contributed by atoms with Gasteiger partial charge in [0.1, 0.15) is 6.23 Å². The van der Waals surface area contributed by atoms with Crippen LogP contribution >= 0.6 is 0 Å². The molecule has 1 aliphatic heterocycles. The molecule has 1 aromatic heterocycles. The molecule has 1 aliphatic rings. The van der Waals surface area contributed by atoms with Crippen LogP contribution in [0.2, 0.25) is 0 Å². The Hall–Kier alpha value is -2.00. The number of amides is 1. The summed E-state index contributed by atoms with van der Waals surface area (Å²) in [6.07, 6.45) is 10.3. The van der Waals surface area contributed by atoms with Gasteiger partial charge in [0, 0.05) is 6.42 Å². The Morgan fingerprint density at radius 3 is 2.10 bits per heavy atom. The Balaban J connectivity index is 1.60. The second-order valence-electron chi connectivity index (χ2n) is 12.3. The second-order valence-corrected chi connectivity index (χ2v) is 12.3. The van der Waals surface area contributed by atoms with E-state index >= 15 is 0 Å². The average Bonchev–Trinajstić information content (AvgIpc) is 3.18. The summed E-state index contributed by atoms with van der Waals surface area (Å²) in [5.41, 5.74) is -0.781. The SMILES string of the molecule is CC(C)CCC[C@@H](C)CCC[C@@H](C)CCC[C@@H](C)CCOC(=O)Nc1nc(=O)n([C@H]2C[C@@H](O)[C@@H](C)O2)cc1F. The summed E-state index contributed by atoms with van der Waals surface area (Å²) in [6, 6.07) is 0. The number of aromatic nitrogens is 2. The fourth-order valence-electron chi connectivity index (χ4n) is 5.13. The van der Waals surface area contributed by atoms with Crippen LogP contribution in [0.15, 0.2) is 11.0 Å². The Morgan fingerprint density at radius 1 is 1.05 bits per heavy atom. The molecule has 224 valence electrons. The van der Waals surface area contributed by atoms with Gasteiger partial charge >= 0.3 is 11.8 Å². The summed E-state index contributed by atoms with van der Waals surface area (Å²) in [5.74, 6) is 1.40. The number of hydrogen-bond donors (Lipinski definition) is 2. The third kappa shape index (κ3) is 12.4. The van der Waals surface area contributed by atoms with E-state index in [-0.39, 0.29) is 13.0 Å². The Labute approximate surface area is 234 Å². The molecule has 2 N–H and O–H groups in total. The van der Waals surface area contributed by atoms with Crippen molar-refractivity contribution in [3.05, 3.63) is 22.5 Å². The number of carbonyl (C=O) groups excluding carboxylic acids is 1. The second kappa shape index (κ2) is 17.0. The van der Waals surface area contributed by atoms with Gasteiger partial charge in [-0.1, -0.05) is 92.4 Å². The first kappa shape index (κ1) is 33.2. The number of ether oxygens (including phenoxy) is 2. The van der Waals surface area contributed by atoms with Crippen LogP contribution in [0, 0.1) is 29.5 Å². The number of carbonyl (C=O) groups is 1. The van der Waals surface area contributed by atoms with Gasteiger partial charge in [0.2, 0.25) is 0 Å². The molecular weight excluding hydrogens is 501 g/mol. The van der Waals surface area contributed by atoms with Crippen molar-refractivity contribution in [1.29, 1.82) is 0 Å². The summed E-state index contributed by atoms with van der Waals surface area (Å²) < 4.78 is 26.1. The molecule has 1 fully saturated rings. The third-order valence-electron chi connectivity index (χ3n) is 7.90. The smallest absolute Gasteiger partial charge is 0.412 e. The normalized spacial score (nSPS) is 21.6. The predicted octanol–water partition coefficient (Wildman–Crippen LogP) is 7.06. The van der Waals surface area contributed by atoms with Crippen LogP contribution in [0.3, 0.4) is 0 Å². The van der Waals surface area contributed by atoms with Crippen molar-refractivity contribution in [2.45, 2.75) is 131 Å². The Morgan fingerprint density at radius 2 is 1.59 bits per heavy atom. The summed E-state index contributed by atoms with van der Waals surface area (Å²) in [4.78, 5) is 28.0. The average molecular weight is 554 g/mol. The molecule has 39 heavy (non-hydrogen) atoms. The first-order valence-corrected chi connectivity index (χ1v) is 15.0. The van der Waals surface area contributed by atoms with E-state index in [1.807, 2.05) is 0 Å². The molecule has 0 aliphatic carbocycles. The Kier molecular flexibility index (Phi) is 14.4. The van der Waals surface area contributed by atoms with E-state index in [9.17, 15) is 19.1 Å². The fraction of sp³-hybridized carbons (Fsp3) is 0.833. The molecule has 9 heteroatoms. The first-order chi connectivity index (χ1) is 18.5. The van der Waals surface area contributed by atoms with Crippen LogP contribution in [0.5, 0.6) is 0 Å². The van der Waals surface area contributed by atoms with Gasteiger partial charge in [-0.05, 0) is 37.0 Å². The van der Waals surface area contributed by atoms with Gasteiger partial charge in [-0.15, -0.1) is 0 Å². The molecule has 0 radical (unpaired) electrons. The van der Waals surface area contributed by atoms with Gasteiger partial charge in [0.25, 0.3) is 0 Å². The molecular formula is C30H52FN3O5. The highest BCUT2D eigenvalue weighted by Crippen LogP contribution is 2.28. The number of nitrogens with zero attached hydrogens (tertiary/aromatic N) is 2. The molecule has 0 bridgehead atoms. The number of nitrogens with one attached hydrogen (secondary N) is 1. The van der Waals surface area contributed by atoms with Crippen LogP contribution in [0.4, 0.5) is 15.0 Å². The summed E-state index contributed by atoms with van der Waals surface area (Å²) >= 11 is 0. The highest BCUT2D eigenvalue weighted by molar-refractivity contribution is 5.83. The predicted molar refractivity (Wildman–Crippen MR) is 152 cm³/mol. The monoisotopic (exact) mass is 553 g/mol. The fourth-order valence-corrected chi connectivity index (χ4v) is 5.13.